The number of fused-ring (bicyclic) bond motifs is 1. The summed E-state index contributed by atoms with van der Waals surface area (Å²) in [6.07, 6.45) is 1.86. The zero-order chi connectivity index (χ0) is 14.7. The predicted molar refractivity (Wildman–Crippen MR) is 83.7 cm³/mol. The molecule has 4 nitrogen and oxygen atoms in total. The number of hydrogen-bond donors (Lipinski definition) is 0. The first-order valence-corrected chi connectivity index (χ1v) is 7.46. The van der Waals surface area contributed by atoms with Crippen LogP contribution in [-0.2, 0) is 6.54 Å². The Morgan fingerprint density at radius 2 is 1.95 bits per heavy atom. The summed E-state index contributed by atoms with van der Waals surface area (Å²) < 4.78 is 0. The molecule has 3 rings (SSSR count). The van der Waals surface area contributed by atoms with Crippen LogP contribution in [0.2, 0.25) is 0 Å². The molecule has 4 heteroatoms. The lowest BCUT2D eigenvalue weighted by Gasteiger charge is -2.35. The number of aromatic nitrogens is 1. The SMILES string of the molecule is CC(C#N)N1CCN(Cc2cccc3cccnc23)CC1. The average Bonchev–Trinajstić information content (AvgIpc) is 2.55. The minimum Gasteiger partial charge on any atom is -0.296 e. The van der Waals surface area contributed by atoms with Gasteiger partial charge in [-0.1, -0.05) is 24.3 Å². The number of nitrogens with zero attached hydrogens (tertiary/aromatic N) is 4. The first kappa shape index (κ1) is 14.0. The van der Waals surface area contributed by atoms with E-state index in [0.29, 0.717) is 0 Å². The topological polar surface area (TPSA) is 43.2 Å². The number of hydrogen-bond acceptors (Lipinski definition) is 4. The first-order valence-electron chi connectivity index (χ1n) is 7.46. The second-order valence-corrected chi connectivity index (χ2v) is 5.61. The van der Waals surface area contributed by atoms with E-state index in [2.05, 4.69) is 45.1 Å². The molecule has 1 saturated heterocycles. The highest BCUT2D eigenvalue weighted by molar-refractivity contribution is 5.81. The Balaban J connectivity index is 1.69. The van der Waals surface area contributed by atoms with E-state index in [9.17, 15) is 0 Å². The molecule has 1 aromatic heterocycles. The fraction of sp³-hybridized carbons (Fsp3) is 0.412. The Morgan fingerprint density at radius 3 is 2.71 bits per heavy atom. The van der Waals surface area contributed by atoms with E-state index < -0.39 is 0 Å². The predicted octanol–water partition coefficient (Wildman–Crippen LogP) is 2.26. The zero-order valence-corrected chi connectivity index (χ0v) is 12.4. The highest BCUT2D eigenvalue weighted by atomic mass is 15.3. The second kappa shape index (κ2) is 6.21. The molecule has 0 saturated carbocycles. The smallest absolute Gasteiger partial charge is 0.0950 e. The summed E-state index contributed by atoms with van der Waals surface area (Å²) in [4.78, 5) is 9.22. The highest BCUT2D eigenvalue weighted by Crippen LogP contribution is 2.18. The average molecular weight is 280 g/mol. The third kappa shape index (κ3) is 3.05. The minimum atomic E-state index is 0.0198. The number of rotatable bonds is 3. The summed E-state index contributed by atoms with van der Waals surface area (Å²) in [5.41, 5.74) is 2.39. The van der Waals surface area contributed by atoms with Crippen LogP contribution in [-0.4, -0.2) is 47.0 Å². The van der Waals surface area contributed by atoms with Crippen LogP contribution in [0.1, 0.15) is 12.5 Å². The Kier molecular flexibility index (Phi) is 4.14. The summed E-state index contributed by atoms with van der Waals surface area (Å²) >= 11 is 0. The normalized spacial score (nSPS) is 18.5. The molecule has 2 aromatic rings. The van der Waals surface area contributed by atoms with Crippen LogP contribution >= 0.6 is 0 Å². The van der Waals surface area contributed by atoms with Gasteiger partial charge in [-0.25, -0.2) is 0 Å². The highest BCUT2D eigenvalue weighted by Gasteiger charge is 2.21. The third-order valence-corrected chi connectivity index (χ3v) is 4.25. The standard InChI is InChI=1S/C17H20N4/c1-14(12-18)21-10-8-20(9-11-21)13-16-5-2-4-15-6-3-7-19-17(15)16/h2-7,14H,8-11,13H2,1H3. The molecular weight excluding hydrogens is 260 g/mol. The molecule has 2 heterocycles. The van der Waals surface area contributed by atoms with Crippen molar-refractivity contribution in [2.24, 2.45) is 0 Å². The fourth-order valence-corrected chi connectivity index (χ4v) is 2.93. The van der Waals surface area contributed by atoms with Crippen LogP contribution in [0.25, 0.3) is 10.9 Å². The summed E-state index contributed by atoms with van der Waals surface area (Å²) in [5.74, 6) is 0. The fourth-order valence-electron chi connectivity index (χ4n) is 2.93. The van der Waals surface area contributed by atoms with Crippen molar-refractivity contribution in [3.05, 3.63) is 42.1 Å². The lowest BCUT2D eigenvalue weighted by molar-refractivity contribution is 0.115. The van der Waals surface area contributed by atoms with Crippen LogP contribution in [0.15, 0.2) is 36.5 Å². The Hall–Kier alpha value is -1.96. The molecule has 0 spiro atoms. The van der Waals surface area contributed by atoms with E-state index >= 15 is 0 Å². The molecule has 0 bridgehead atoms. The van der Waals surface area contributed by atoms with E-state index in [1.807, 2.05) is 19.2 Å². The van der Waals surface area contributed by atoms with Gasteiger partial charge in [0.25, 0.3) is 0 Å². The number of pyridine rings is 1. The van der Waals surface area contributed by atoms with Gasteiger partial charge in [-0.3, -0.25) is 14.8 Å². The lowest BCUT2D eigenvalue weighted by Crippen LogP contribution is -2.48. The minimum absolute atomic E-state index is 0.0198. The van der Waals surface area contributed by atoms with Crippen LogP contribution in [0.3, 0.4) is 0 Å². The molecule has 21 heavy (non-hydrogen) atoms. The molecule has 1 aliphatic heterocycles. The molecule has 1 unspecified atom stereocenters. The second-order valence-electron chi connectivity index (χ2n) is 5.61. The van der Waals surface area contributed by atoms with Gasteiger partial charge in [0.1, 0.15) is 0 Å². The van der Waals surface area contributed by atoms with Crippen LogP contribution < -0.4 is 0 Å². The molecule has 0 N–H and O–H groups in total. The van der Waals surface area contributed by atoms with Gasteiger partial charge in [0.05, 0.1) is 17.6 Å². The quantitative estimate of drug-likeness (QED) is 0.865. The number of nitriles is 1. The van der Waals surface area contributed by atoms with E-state index in [1.54, 1.807) is 0 Å². The molecule has 108 valence electrons. The molecule has 1 fully saturated rings. The summed E-state index contributed by atoms with van der Waals surface area (Å²) in [5, 5.41) is 10.2. The van der Waals surface area contributed by atoms with Crippen molar-refractivity contribution in [2.45, 2.75) is 19.5 Å². The van der Waals surface area contributed by atoms with Gasteiger partial charge in [-0.2, -0.15) is 5.26 Å². The summed E-state index contributed by atoms with van der Waals surface area (Å²) in [6, 6.07) is 12.8. The molecular formula is C17H20N4. The number of piperazine rings is 1. The van der Waals surface area contributed by atoms with Crippen LogP contribution in [0.4, 0.5) is 0 Å². The Morgan fingerprint density at radius 1 is 1.19 bits per heavy atom. The largest absolute Gasteiger partial charge is 0.296 e. The summed E-state index contributed by atoms with van der Waals surface area (Å²) in [6.45, 7) is 6.86. The van der Waals surface area contributed by atoms with E-state index in [-0.39, 0.29) is 6.04 Å². The van der Waals surface area contributed by atoms with Crippen molar-refractivity contribution >= 4 is 10.9 Å². The van der Waals surface area contributed by atoms with E-state index in [1.165, 1.54) is 10.9 Å². The van der Waals surface area contributed by atoms with Gasteiger partial charge in [-0.05, 0) is 18.6 Å². The van der Waals surface area contributed by atoms with Crippen molar-refractivity contribution in [3.63, 3.8) is 0 Å². The van der Waals surface area contributed by atoms with Gasteiger partial charge in [-0.15, -0.1) is 0 Å². The summed E-state index contributed by atoms with van der Waals surface area (Å²) in [7, 11) is 0. The monoisotopic (exact) mass is 280 g/mol. The van der Waals surface area contributed by atoms with Crippen molar-refractivity contribution in [1.82, 2.24) is 14.8 Å². The number of para-hydroxylation sites is 1. The van der Waals surface area contributed by atoms with Gasteiger partial charge in [0.2, 0.25) is 0 Å². The maximum absolute atomic E-state index is 8.99. The first-order chi connectivity index (χ1) is 10.3. The molecule has 0 amide bonds. The number of benzene rings is 1. The van der Waals surface area contributed by atoms with Crippen LogP contribution in [0, 0.1) is 11.3 Å². The van der Waals surface area contributed by atoms with Crippen molar-refractivity contribution in [1.29, 1.82) is 5.26 Å². The van der Waals surface area contributed by atoms with Crippen LogP contribution in [0.5, 0.6) is 0 Å². The van der Waals surface area contributed by atoms with Crippen molar-refractivity contribution < 1.29 is 0 Å². The molecule has 1 aliphatic rings. The van der Waals surface area contributed by atoms with Gasteiger partial charge < -0.3 is 0 Å². The zero-order valence-electron chi connectivity index (χ0n) is 12.4. The third-order valence-electron chi connectivity index (χ3n) is 4.25. The Bertz CT molecular complexity index is 648. The van der Waals surface area contributed by atoms with E-state index in [4.69, 9.17) is 5.26 Å². The van der Waals surface area contributed by atoms with E-state index in [0.717, 1.165) is 38.2 Å². The van der Waals surface area contributed by atoms with Gasteiger partial charge >= 0.3 is 0 Å². The Labute approximate surface area is 125 Å². The molecule has 0 aliphatic carbocycles. The molecule has 1 aromatic carbocycles. The maximum Gasteiger partial charge on any atom is 0.0950 e. The van der Waals surface area contributed by atoms with Crippen molar-refractivity contribution in [2.75, 3.05) is 26.2 Å². The van der Waals surface area contributed by atoms with Gasteiger partial charge in [0.15, 0.2) is 0 Å². The molecule has 1 atom stereocenters. The molecule has 0 radical (unpaired) electrons. The van der Waals surface area contributed by atoms with Crippen molar-refractivity contribution in [3.8, 4) is 6.07 Å². The maximum atomic E-state index is 8.99. The van der Waals surface area contributed by atoms with Gasteiger partial charge in [0, 0.05) is 44.3 Å². The lowest BCUT2D eigenvalue weighted by atomic mass is 10.1.